The molecular formula is C16H24N2O2. The average molecular weight is 276 g/mol. The highest BCUT2D eigenvalue weighted by atomic mass is 16.6. The highest BCUT2D eigenvalue weighted by molar-refractivity contribution is 5.54. The summed E-state index contributed by atoms with van der Waals surface area (Å²) in [5.41, 5.74) is 2.35. The maximum absolute atomic E-state index is 10.8. The number of nitro benzene ring substituents is 1. The van der Waals surface area contributed by atoms with E-state index in [1.165, 1.54) is 32.1 Å². The lowest BCUT2D eigenvalue weighted by atomic mass is 9.85. The van der Waals surface area contributed by atoms with E-state index in [2.05, 4.69) is 19.2 Å². The summed E-state index contributed by atoms with van der Waals surface area (Å²) in [4.78, 5) is 10.5. The Labute approximate surface area is 120 Å². The van der Waals surface area contributed by atoms with Crippen LogP contribution in [0, 0.1) is 22.5 Å². The largest absolute Gasteiger partial charge is 0.382 e. The summed E-state index contributed by atoms with van der Waals surface area (Å²) >= 11 is 0. The fraction of sp³-hybridized carbons (Fsp3) is 0.625. The van der Waals surface area contributed by atoms with Gasteiger partial charge >= 0.3 is 0 Å². The summed E-state index contributed by atoms with van der Waals surface area (Å²) in [6.45, 7) is 6.47. The molecule has 4 heteroatoms. The van der Waals surface area contributed by atoms with Crippen molar-refractivity contribution in [2.75, 3.05) is 5.32 Å². The summed E-state index contributed by atoms with van der Waals surface area (Å²) in [7, 11) is 0. The molecule has 1 fully saturated rings. The molecule has 1 aliphatic rings. The van der Waals surface area contributed by atoms with Gasteiger partial charge in [-0.05, 0) is 50.2 Å². The van der Waals surface area contributed by atoms with Gasteiger partial charge in [-0.2, -0.15) is 0 Å². The number of rotatable bonds is 3. The van der Waals surface area contributed by atoms with Crippen molar-refractivity contribution in [3.63, 3.8) is 0 Å². The summed E-state index contributed by atoms with van der Waals surface area (Å²) in [6.07, 6.45) is 6.11. The fourth-order valence-corrected chi connectivity index (χ4v) is 2.99. The molecule has 1 N–H and O–H groups in total. The van der Waals surface area contributed by atoms with Crippen molar-refractivity contribution in [3.8, 4) is 0 Å². The first-order chi connectivity index (χ1) is 9.37. The molecule has 1 unspecified atom stereocenters. The second-order valence-corrected chi connectivity index (χ2v) is 6.69. The zero-order valence-corrected chi connectivity index (χ0v) is 12.6. The molecule has 4 nitrogen and oxygen atoms in total. The lowest BCUT2D eigenvalue weighted by Crippen LogP contribution is -2.19. The number of hydrogen-bond acceptors (Lipinski definition) is 3. The van der Waals surface area contributed by atoms with Crippen LogP contribution in [0.1, 0.15) is 51.5 Å². The van der Waals surface area contributed by atoms with Crippen molar-refractivity contribution in [1.29, 1.82) is 0 Å². The second-order valence-electron chi connectivity index (χ2n) is 6.69. The Balaban J connectivity index is 2.03. The van der Waals surface area contributed by atoms with Crippen LogP contribution in [0.4, 0.5) is 11.4 Å². The van der Waals surface area contributed by atoms with Crippen molar-refractivity contribution in [1.82, 2.24) is 0 Å². The quantitative estimate of drug-likeness (QED) is 0.495. The molecule has 0 radical (unpaired) electrons. The number of nitrogens with one attached hydrogen (secondary N) is 1. The van der Waals surface area contributed by atoms with Crippen LogP contribution in [0.15, 0.2) is 18.2 Å². The van der Waals surface area contributed by atoms with Crippen molar-refractivity contribution in [2.24, 2.45) is 5.41 Å². The zero-order chi connectivity index (χ0) is 14.8. The van der Waals surface area contributed by atoms with Crippen LogP contribution in [0.3, 0.4) is 0 Å². The molecule has 1 aromatic carbocycles. The summed E-state index contributed by atoms with van der Waals surface area (Å²) in [5.74, 6) is 0. The maximum Gasteiger partial charge on any atom is 0.272 e. The fourth-order valence-electron chi connectivity index (χ4n) is 2.99. The van der Waals surface area contributed by atoms with E-state index in [-0.39, 0.29) is 10.6 Å². The second kappa shape index (κ2) is 5.81. The van der Waals surface area contributed by atoms with Gasteiger partial charge in [0, 0.05) is 23.4 Å². The third-order valence-electron chi connectivity index (χ3n) is 4.34. The van der Waals surface area contributed by atoms with E-state index in [1.807, 2.05) is 12.1 Å². The van der Waals surface area contributed by atoms with E-state index >= 15 is 0 Å². The van der Waals surface area contributed by atoms with E-state index in [0.29, 0.717) is 17.0 Å². The van der Waals surface area contributed by atoms with Gasteiger partial charge in [-0.3, -0.25) is 10.1 Å². The number of anilines is 1. The third-order valence-corrected chi connectivity index (χ3v) is 4.34. The molecule has 0 amide bonds. The predicted molar refractivity (Wildman–Crippen MR) is 82.1 cm³/mol. The molecule has 0 aliphatic heterocycles. The van der Waals surface area contributed by atoms with Gasteiger partial charge < -0.3 is 5.32 Å². The molecule has 1 saturated carbocycles. The molecule has 0 bridgehead atoms. The van der Waals surface area contributed by atoms with Gasteiger partial charge in [-0.15, -0.1) is 0 Å². The lowest BCUT2D eigenvalue weighted by Gasteiger charge is -2.22. The first kappa shape index (κ1) is 14.8. The molecule has 110 valence electrons. The van der Waals surface area contributed by atoms with Crippen LogP contribution in [0.5, 0.6) is 0 Å². The van der Waals surface area contributed by atoms with E-state index in [1.54, 1.807) is 13.0 Å². The summed E-state index contributed by atoms with van der Waals surface area (Å²) < 4.78 is 0. The molecule has 0 spiro atoms. The Morgan fingerprint density at radius 1 is 1.30 bits per heavy atom. The maximum atomic E-state index is 10.8. The van der Waals surface area contributed by atoms with E-state index < -0.39 is 0 Å². The molecule has 1 aliphatic carbocycles. The van der Waals surface area contributed by atoms with Gasteiger partial charge in [-0.1, -0.05) is 20.3 Å². The van der Waals surface area contributed by atoms with Gasteiger partial charge in [0.2, 0.25) is 0 Å². The topological polar surface area (TPSA) is 55.2 Å². The molecule has 0 aromatic heterocycles. The van der Waals surface area contributed by atoms with Crippen molar-refractivity contribution >= 4 is 11.4 Å². The molecule has 1 atom stereocenters. The lowest BCUT2D eigenvalue weighted by molar-refractivity contribution is -0.385. The van der Waals surface area contributed by atoms with Crippen LogP contribution in [0.2, 0.25) is 0 Å². The molecular weight excluding hydrogens is 252 g/mol. The third kappa shape index (κ3) is 3.71. The predicted octanol–water partition coefficient (Wildman–Crippen LogP) is 4.67. The minimum Gasteiger partial charge on any atom is -0.382 e. The van der Waals surface area contributed by atoms with E-state index in [4.69, 9.17) is 0 Å². The number of nitro groups is 1. The Kier molecular flexibility index (Phi) is 4.31. The van der Waals surface area contributed by atoms with Gasteiger partial charge in [0.25, 0.3) is 5.69 Å². The van der Waals surface area contributed by atoms with Crippen molar-refractivity contribution < 1.29 is 4.92 Å². The van der Waals surface area contributed by atoms with Crippen molar-refractivity contribution in [2.45, 2.75) is 58.9 Å². The van der Waals surface area contributed by atoms with Crippen LogP contribution >= 0.6 is 0 Å². The standard InChI is InChI=1S/C16H24N2O2/c1-12-11-14(6-7-15(12)18(19)20)17-13-5-4-9-16(2,3)10-8-13/h6-7,11,13,17H,4-5,8-10H2,1-3H3. The molecule has 0 heterocycles. The van der Waals surface area contributed by atoms with Gasteiger partial charge in [0.05, 0.1) is 4.92 Å². The summed E-state index contributed by atoms with van der Waals surface area (Å²) in [6, 6.07) is 5.78. The average Bonchev–Trinajstić information content (AvgIpc) is 2.51. The van der Waals surface area contributed by atoms with Crippen LogP contribution in [-0.4, -0.2) is 11.0 Å². The molecule has 0 saturated heterocycles. The monoisotopic (exact) mass is 276 g/mol. The Bertz CT molecular complexity index is 497. The SMILES string of the molecule is Cc1cc(NC2CCCC(C)(C)CC2)ccc1[N+](=O)[O-]. The normalized spacial score (nSPS) is 22.1. The molecule has 1 aromatic rings. The number of hydrogen-bond donors (Lipinski definition) is 1. The number of aryl methyl sites for hydroxylation is 1. The highest BCUT2D eigenvalue weighted by Crippen LogP contribution is 2.35. The Hall–Kier alpha value is -1.58. The number of benzene rings is 1. The summed E-state index contributed by atoms with van der Waals surface area (Å²) in [5, 5.41) is 14.4. The molecule has 2 rings (SSSR count). The minimum atomic E-state index is -0.326. The first-order valence-corrected chi connectivity index (χ1v) is 7.39. The van der Waals surface area contributed by atoms with Crippen LogP contribution < -0.4 is 5.32 Å². The van der Waals surface area contributed by atoms with E-state index in [0.717, 1.165) is 5.69 Å². The minimum absolute atomic E-state index is 0.192. The smallest absolute Gasteiger partial charge is 0.272 e. The Morgan fingerprint density at radius 2 is 2.05 bits per heavy atom. The number of nitrogens with zero attached hydrogens (tertiary/aromatic N) is 1. The molecule has 20 heavy (non-hydrogen) atoms. The van der Waals surface area contributed by atoms with Gasteiger partial charge in [0.1, 0.15) is 0 Å². The first-order valence-electron chi connectivity index (χ1n) is 7.39. The highest BCUT2D eigenvalue weighted by Gasteiger charge is 2.24. The van der Waals surface area contributed by atoms with Gasteiger partial charge in [0.15, 0.2) is 0 Å². The van der Waals surface area contributed by atoms with E-state index in [9.17, 15) is 10.1 Å². The van der Waals surface area contributed by atoms with Crippen molar-refractivity contribution in [3.05, 3.63) is 33.9 Å². The Morgan fingerprint density at radius 3 is 2.70 bits per heavy atom. The van der Waals surface area contributed by atoms with Crippen LogP contribution in [0.25, 0.3) is 0 Å². The van der Waals surface area contributed by atoms with Gasteiger partial charge in [-0.25, -0.2) is 0 Å². The van der Waals surface area contributed by atoms with Crippen LogP contribution in [-0.2, 0) is 0 Å². The zero-order valence-electron chi connectivity index (χ0n) is 12.6.